The summed E-state index contributed by atoms with van der Waals surface area (Å²) < 4.78 is 28.4. The van der Waals surface area contributed by atoms with Crippen molar-refractivity contribution in [2.45, 2.75) is 31.3 Å². The quantitative estimate of drug-likeness (QED) is 0.872. The van der Waals surface area contributed by atoms with E-state index >= 15 is 0 Å². The molecular formula is C9H14N4O2S2. The fourth-order valence-corrected chi connectivity index (χ4v) is 3.77. The highest BCUT2D eigenvalue weighted by atomic mass is 32.2. The maximum Gasteiger partial charge on any atom is 0.260 e. The molecule has 0 spiro atoms. The summed E-state index contributed by atoms with van der Waals surface area (Å²) >= 11 is 1.34. The maximum absolute atomic E-state index is 12.1. The molecule has 3 N–H and O–H groups in total. The normalized spacial score (nSPS) is 14.2. The topological polar surface area (TPSA) is 89.5 Å². The van der Waals surface area contributed by atoms with E-state index in [4.69, 9.17) is 5.73 Å². The lowest BCUT2D eigenvalue weighted by Crippen LogP contribution is -2.33. The molecule has 8 heteroatoms. The number of hydrogen-bond donors (Lipinski definition) is 2. The van der Waals surface area contributed by atoms with Gasteiger partial charge in [-0.3, -0.25) is 4.40 Å². The molecular weight excluding hydrogens is 260 g/mol. The number of nitrogens with zero attached hydrogens (tertiary/aromatic N) is 2. The Labute approximate surface area is 104 Å². The van der Waals surface area contributed by atoms with Gasteiger partial charge in [-0.1, -0.05) is 6.92 Å². The SMILES string of the molecule is CCC(C)NS(=O)(=O)c1c(N)nc2sccn12. The number of aromatic nitrogens is 2. The van der Waals surface area contributed by atoms with Crippen LogP contribution < -0.4 is 10.5 Å². The van der Waals surface area contributed by atoms with E-state index in [1.54, 1.807) is 18.5 Å². The molecule has 0 amide bonds. The minimum absolute atomic E-state index is 0.0223. The number of fused-ring (bicyclic) bond motifs is 1. The van der Waals surface area contributed by atoms with Crippen LogP contribution in [-0.4, -0.2) is 23.8 Å². The number of thiazole rings is 1. The molecule has 0 radical (unpaired) electrons. The Morgan fingerprint density at radius 1 is 1.65 bits per heavy atom. The van der Waals surface area contributed by atoms with Gasteiger partial charge in [0, 0.05) is 17.6 Å². The Kier molecular flexibility index (Phi) is 3.11. The first-order valence-corrected chi connectivity index (χ1v) is 7.55. The van der Waals surface area contributed by atoms with Gasteiger partial charge in [0.15, 0.2) is 15.8 Å². The fourth-order valence-electron chi connectivity index (χ4n) is 1.45. The number of nitrogens with two attached hydrogens (primary N) is 1. The van der Waals surface area contributed by atoms with Crippen LogP contribution >= 0.6 is 11.3 Å². The van der Waals surface area contributed by atoms with Crippen molar-refractivity contribution >= 4 is 32.1 Å². The summed E-state index contributed by atoms with van der Waals surface area (Å²) in [5.41, 5.74) is 5.66. The van der Waals surface area contributed by atoms with Gasteiger partial charge in [0.05, 0.1) is 0 Å². The molecule has 17 heavy (non-hydrogen) atoms. The highest BCUT2D eigenvalue weighted by Crippen LogP contribution is 2.23. The predicted molar refractivity (Wildman–Crippen MR) is 67.6 cm³/mol. The van der Waals surface area contributed by atoms with Gasteiger partial charge in [-0.05, 0) is 13.3 Å². The molecule has 0 aliphatic heterocycles. The summed E-state index contributed by atoms with van der Waals surface area (Å²) in [6, 6.07) is -0.136. The number of hydrogen-bond acceptors (Lipinski definition) is 5. The van der Waals surface area contributed by atoms with E-state index in [-0.39, 0.29) is 16.9 Å². The second-order valence-corrected chi connectivity index (χ2v) is 6.29. The van der Waals surface area contributed by atoms with Gasteiger partial charge in [0.25, 0.3) is 10.0 Å². The van der Waals surface area contributed by atoms with E-state index in [1.807, 2.05) is 6.92 Å². The van der Waals surface area contributed by atoms with E-state index < -0.39 is 10.0 Å². The lowest BCUT2D eigenvalue weighted by atomic mass is 10.3. The van der Waals surface area contributed by atoms with E-state index in [9.17, 15) is 8.42 Å². The molecule has 0 aromatic carbocycles. The molecule has 0 aliphatic carbocycles. The highest BCUT2D eigenvalue weighted by Gasteiger charge is 2.25. The van der Waals surface area contributed by atoms with Crippen LogP contribution in [0.5, 0.6) is 0 Å². The molecule has 2 aromatic rings. The molecule has 1 atom stereocenters. The summed E-state index contributed by atoms with van der Waals surface area (Å²) in [4.78, 5) is 4.59. The molecule has 2 heterocycles. The molecule has 0 saturated heterocycles. The third kappa shape index (κ3) is 2.15. The van der Waals surface area contributed by atoms with Crippen molar-refractivity contribution in [2.24, 2.45) is 0 Å². The Balaban J connectivity index is 2.51. The van der Waals surface area contributed by atoms with Gasteiger partial charge in [-0.25, -0.2) is 18.1 Å². The standard InChI is InChI=1S/C9H14N4O2S2/c1-3-6(2)12-17(14,15)8-7(10)11-9-13(8)4-5-16-9/h4-6,12H,3,10H2,1-2H3. The van der Waals surface area contributed by atoms with Crippen LogP contribution in [0.2, 0.25) is 0 Å². The van der Waals surface area contributed by atoms with Crippen LogP contribution in [0.3, 0.4) is 0 Å². The summed E-state index contributed by atoms with van der Waals surface area (Å²) in [7, 11) is -3.62. The van der Waals surface area contributed by atoms with Crippen molar-refractivity contribution in [3.05, 3.63) is 11.6 Å². The zero-order valence-corrected chi connectivity index (χ0v) is 11.2. The van der Waals surface area contributed by atoms with Crippen molar-refractivity contribution in [3.8, 4) is 0 Å². The van der Waals surface area contributed by atoms with Crippen LogP contribution in [0.25, 0.3) is 4.96 Å². The summed E-state index contributed by atoms with van der Waals surface area (Å²) in [5, 5.41) is 1.79. The lowest BCUT2D eigenvalue weighted by molar-refractivity contribution is 0.552. The molecule has 6 nitrogen and oxygen atoms in total. The van der Waals surface area contributed by atoms with Crippen LogP contribution in [0.4, 0.5) is 5.82 Å². The van der Waals surface area contributed by atoms with E-state index in [2.05, 4.69) is 9.71 Å². The Bertz CT molecular complexity index is 629. The summed E-state index contributed by atoms with van der Waals surface area (Å²) in [6.07, 6.45) is 2.36. The molecule has 0 aliphatic rings. The smallest absolute Gasteiger partial charge is 0.260 e. The largest absolute Gasteiger partial charge is 0.381 e. The van der Waals surface area contributed by atoms with Crippen molar-refractivity contribution in [2.75, 3.05) is 5.73 Å². The Morgan fingerprint density at radius 2 is 2.35 bits per heavy atom. The molecule has 1 unspecified atom stereocenters. The van der Waals surface area contributed by atoms with Gasteiger partial charge >= 0.3 is 0 Å². The number of anilines is 1. The van der Waals surface area contributed by atoms with Crippen molar-refractivity contribution in [1.29, 1.82) is 0 Å². The molecule has 0 fully saturated rings. The van der Waals surface area contributed by atoms with E-state index in [0.717, 1.165) is 0 Å². The van der Waals surface area contributed by atoms with Crippen LogP contribution in [-0.2, 0) is 10.0 Å². The predicted octanol–water partition coefficient (Wildman–Crippen LogP) is 1.05. The number of nitrogen functional groups attached to an aromatic ring is 1. The number of imidazole rings is 1. The Hall–Kier alpha value is -1.12. The average molecular weight is 274 g/mol. The molecule has 0 bridgehead atoms. The number of sulfonamides is 1. The van der Waals surface area contributed by atoms with Crippen LogP contribution in [0.1, 0.15) is 20.3 Å². The van der Waals surface area contributed by atoms with E-state index in [0.29, 0.717) is 11.4 Å². The first-order chi connectivity index (χ1) is 7.95. The van der Waals surface area contributed by atoms with Crippen LogP contribution in [0, 0.1) is 0 Å². The minimum atomic E-state index is -3.62. The molecule has 0 saturated carbocycles. The highest BCUT2D eigenvalue weighted by molar-refractivity contribution is 7.89. The second-order valence-electron chi connectivity index (χ2n) is 3.79. The van der Waals surface area contributed by atoms with Crippen molar-refractivity contribution < 1.29 is 8.42 Å². The third-order valence-corrected chi connectivity index (χ3v) is 4.85. The number of nitrogens with one attached hydrogen (secondary N) is 1. The number of rotatable bonds is 4. The maximum atomic E-state index is 12.1. The van der Waals surface area contributed by atoms with Gasteiger partial charge in [0.1, 0.15) is 0 Å². The zero-order chi connectivity index (χ0) is 12.6. The fraction of sp³-hybridized carbons (Fsp3) is 0.444. The second kappa shape index (κ2) is 4.28. The summed E-state index contributed by atoms with van der Waals surface area (Å²) in [5.74, 6) is 0.0349. The Morgan fingerprint density at radius 3 is 3.00 bits per heavy atom. The zero-order valence-electron chi connectivity index (χ0n) is 9.54. The minimum Gasteiger partial charge on any atom is -0.381 e. The van der Waals surface area contributed by atoms with Gasteiger partial charge in [-0.15, -0.1) is 11.3 Å². The van der Waals surface area contributed by atoms with Gasteiger partial charge in [0.2, 0.25) is 0 Å². The average Bonchev–Trinajstić information content (AvgIpc) is 2.75. The molecule has 2 rings (SSSR count). The first kappa shape index (κ1) is 12.3. The van der Waals surface area contributed by atoms with E-state index in [1.165, 1.54) is 15.7 Å². The lowest BCUT2D eigenvalue weighted by Gasteiger charge is -2.11. The molecule has 2 aromatic heterocycles. The third-order valence-electron chi connectivity index (χ3n) is 2.47. The van der Waals surface area contributed by atoms with Gasteiger partial charge < -0.3 is 5.73 Å². The van der Waals surface area contributed by atoms with Crippen molar-refractivity contribution in [1.82, 2.24) is 14.1 Å². The molecule has 94 valence electrons. The first-order valence-electron chi connectivity index (χ1n) is 5.19. The summed E-state index contributed by atoms with van der Waals surface area (Å²) in [6.45, 7) is 3.71. The van der Waals surface area contributed by atoms with Crippen molar-refractivity contribution in [3.63, 3.8) is 0 Å². The monoisotopic (exact) mass is 274 g/mol. The van der Waals surface area contributed by atoms with Crippen LogP contribution in [0.15, 0.2) is 16.6 Å². The van der Waals surface area contributed by atoms with Gasteiger partial charge in [-0.2, -0.15) is 0 Å².